The number of hydrogen-bond donors (Lipinski definition) is 1. The van der Waals surface area contributed by atoms with E-state index in [1.807, 2.05) is 0 Å². The van der Waals surface area contributed by atoms with Crippen LogP contribution in [-0.2, 0) is 4.43 Å². The van der Waals surface area contributed by atoms with Crippen LogP contribution in [0.25, 0.3) is 0 Å². The van der Waals surface area contributed by atoms with Crippen molar-refractivity contribution in [3.63, 3.8) is 0 Å². The molecule has 30 heavy (non-hydrogen) atoms. The van der Waals surface area contributed by atoms with Crippen molar-refractivity contribution in [2.75, 3.05) is 6.61 Å². The van der Waals surface area contributed by atoms with Gasteiger partial charge >= 0.3 is 0 Å². The molecule has 2 nitrogen and oxygen atoms in total. The van der Waals surface area contributed by atoms with Crippen LogP contribution in [0, 0.1) is 28.6 Å². The van der Waals surface area contributed by atoms with Crippen LogP contribution in [0.15, 0.2) is 23.3 Å². The quantitative estimate of drug-likeness (QED) is 0.377. The molecule has 0 radical (unpaired) electrons. The molecule has 3 saturated carbocycles. The molecule has 4 aliphatic carbocycles. The minimum Gasteiger partial charge on any atom is -0.414 e. The number of fused-ring (bicyclic) bond motifs is 5. The second kappa shape index (κ2) is 7.59. The fraction of sp³-hybridized carbons (Fsp3) is 0.852. The van der Waals surface area contributed by atoms with Crippen molar-refractivity contribution >= 4 is 8.32 Å². The molecule has 6 atom stereocenters. The Morgan fingerprint density at radius 2 is 1.77 bits per heavy atom. The van der Waals surface area contributed by atoms with E-state index in [0.29, 0.717) is 16.9 Å². The molecule has 0 saturated heterocycles. The molecule has 3 heteroatoms. The van der Waals surface area contributed by atoms with Gasteiger partial charge in [-0.25, -0.2) is 0 Å². The first-order chi connectivity index (χ1) is 13.9. The van der Waals surface area contributed by atoms with Gasteiger partial charge in [-0.1, -0.05) is 57.9 Å². The van der Waals surface area contributed by atoms with E-state index in [1.54, 1.807) is 11.1 Å². The summed E-state index contributed by atoms with van der Waals surface area (Å²) in [6.07, 6.45) is 15.4. The Balaban J connectivity index is 1.53. The Bertz CT molecular complexity index is 730. The van der Waals surface area contributed by atoms with E-state index in [4.69, 9.17) is 4.43 Å². The highest BCUT2D eigenvalue weighted by molar-refractivity contribution is 6.74. The summed E-state index contributed by atoms with van der Waals surface area (Å²) in [5, 5.41) is 9.81. The van der Waals surface area contributed by atoms with Crippen molar-refractivity contribution in [3.8, 4) is 0 Å². The van der Waals surface area contributed by atoms with E-state index in [2.05, 4.69) is 59.9 Å². The van der Waals surface area contributed by atoms with Gasteiger partial charge in [-0.05, 0) is 98.1 Å². The summed E-state index contributed by atoms with van der Waals surface area (Å²) in [5.74, 6) is 2.49. The lowest BCUT2D eigenvalue weighted by atomic mass is 9.48. The Kier molecular flexibility index (Phi) is 5.77. The Labute approximate surface area is 186 Å². The summed E-state index contributed by atoms with van der Waals surface area (Å²) in [6, 6.07) is 0. The van der Waals surface area contributed by atoms with Crippen LogP contribution in [0.1, 0.15) is 86.0 Å². The third kappa shape index (κ3) is 3.51. The summed E-state index contributed by atoms with van der Waals surface area (Å²) in [6.45, 7) is 17.2. The summed E-state index contributed by atoms with van der Waals surface area (Å²) in [5.41, 5.74) is 4.01. The zero-order valence-corrected chi connectivity index (χ0v) is 21.7. The maximum Gasteiger partial charge on any atom is 0.192 e. The maximum absolute atomic E-state index is 9.52. The van der Waals surface area contributed by atoms with Gasteiger partial charge in [-0.2, -0.15) is 0 Å². The van der Waals surface area contributed by atoms with Crippen molar-refractivity contribution in [2.45, 2.75) is 110 Å². The van der Waals surface area contributed by atoms with Gasteiger partial charge < -0.3 is 9.53 Å². The molecule has 0 spiro atoms. The van der Waals surface area contributed by atoms with Gasteiger partial charge in [0.15, 0.2) is 8.32 Å². The van der Waals surface area contributed by atoms with Crippen LogP contribution < -0.4 is 0 Å². The summed E-state index contributed by atoms with van der Waals surface area (Å²) in [7, 11) is -1.70. The zero-order valence-electron chi connectivity index (χ0n) is 20.7. The summed E-state index contributed by atoms with van der Waals surface area (Å²) >= 11 is 0. The van der Waals surface area contributed by atoms with Gasteiger partial charge in [-0.15, -0.1) is 0 Å². The molecule has 0 amide bonds. The number of allylic oxidation sites excluding steroid dienone is 2. The van der Waals surface area contributed by atoms with Crippen LogP contribution in [0.3, 0.4) is 0 Å². The van der Waals surface area contributed by atoms with E-state index in [9.17, 15) is 5.11 Å². The Morgan fingerprint density at radius 3 is 2.43 bits per heavy atom. The average molecular weight is 431 g/mol. The van der Waals surface area contributed by atoms with Gasteiger partial charge in [0.25, 0.3) is 0 Å². The van der Waals surface area contributed by atoms with Crippen LogP contribution >= 0.6 is 0 Å². The molecule has 4 rings (SSSR count). The normalized spacial score (nSPS) is 43.1. The van der Waals surface area contributed by atoms with Gasteiger partial charge in [0.1, 0.15) is 0 Å². The predicted molar refractivity (Wildman–Crippen MR) is 129 cm³/mol. The van der Waals surface area contributed by atoms with E-state index in [-0.39, 0.29) is 11.6 Å². The number of aliphatic hydroxyl groups excluding tert-OH is 1. The average Bonchev–Trinajstić information content (AvgIpc) is 2.98. The fourth-order valence-corrected chi connectivity index (χ4v) is 9.00. The van der Waals surface area contributed by atoms with E-state index >= 15 is 0 Å². The van der Waals surface area contributed by atoms with Gasteiger partial charge in [0.05, 0.1) is 6.61 Å². The Morgan fingerprint density at radius 1 is 1.10 bits per heavy atom. The number of hydrogen-bond acceptors (Lipinski definition) is 2. The third-order valence-corrected chi connectivity index (χ3v) is 15.0. The molecule has 0 unspecified atom stereocenters. The van der Waals surface area contributed by atoms with Crippen molar-refractivity contribution < 1.29 is 9.53 Å². The van der Waals surface area contributed by atoms with Gasteiger partial charge in [0, 0.05) is 6.10 Å². The first kappa shape index (κ1) is 22.8. The highest BCUT2D eigenvalue weighted by Crippen LogP contribution is 2.66. The molecular formula is C27H46O2Si. The van der Waals surface area contributed by atoms with Crippen LogP contribution in [-0.4, -0.2) is 26.1 Å². The van der Waals surface area contributed by atoms with Gasteiger partial charge in [-0.3, -0.25) is 0 Å². The van der Waals surface area contributed by atoms with E-state index in [1.165, 1.54) is 51.4 Å². The topological polar surface area (TPSA) is 29.5 Å². The molecule has 0 aromatic carbocycles. The molecule has 0 bridgehead atoms. The molecule has 170 valence electrons. The minimum absolute atomic E-state index is 0.211. The highest BCUT2D eigenvalue weighted by atomic mass is 28.4. The molecule has 0 aliphatic heterocycles. The summed E-state index contributed by atoms with van der Waals surface area (Å²) in [4.78, 5) is 0. The van der Waals surface area contributed by atoms with Crippen molar-refractivity contribution in [2.24, 2.45) is 28.6 Å². The molecule has 0 aromatic rings. The number of aliphatic hydroxyl groups is 1. The first-order valence-corrected chi connectivity index (χ1v) is 15.5. The largest absolute Gasteiger partial charge is 0.414 e. The smallest absolute Gasteiger partial charge is 0.192 e. The number of rotatable bonds is 3. The van der Waals surface area contributed by atoms with Crippen molar-refractivity contribution in [3.05, 3.63) is 23.3 Å². The molecule has 4 aliphatic rings. The lowest BCUT2D eigenvalue weighted by Gasteiger charge is -2.58. The van der Waals surface area contributed by atoms with E-state index in [0.717, 1.165) is 17.8 Å². The monoisotopic (exact) mass is 430 g/mol. The zero-order chi connectivity index (χ0) is 21.9. The standard InChI is InChI=1S/C27H46O2Si/c1-25(2,3)30(6,7)29-21-12-15-27(5)20(18-21)8-10-22-23-11-9-19(14-17-28)26(23,4)16-13-24(22)27/h8,14,21-24,28H,9-13,15-18H2,1-7H3/b19-14+/t21-,22-,23-,24-,26+,27-/m0/s1. The van der Waals surface area contributed by atoms with Crippen molar-refractivity contribution in [1.29, 1.82) is 0 Å². The first-order valence-electron chi connectivity index (χ1n) is 12.6. The Hall–Kier alpha value is -0.383. The lowest BCUT2D eigenvalue weighted by Crippen LogP contribution is -2.51. The van der Waals surface area contributed by atoms with Crippen LogP contribution in [0.2, 0.25) is 18.1 Å². The fourth-order valence-electron chi connectivity index (χ4n) is 7.61. The molecular weight excluding hydrogens is 384 g/mol. The summed E-state index contributed by atoms with van der Waals surface area (Å²) < 4.78 is 6.87. The van der Waals surface area contributed by atoms with E-state index < -0.39 is 8.32 Å². The van der Waals surface area contributed by atoms with Crippen molar-refractivity contribution in [1.82, 2.24) is 0 Å². The predicted octanol–water partition coefficient (Wildman–Crippen LogP) is 7.26. The molecule has 0 aromatic heterocycles. The molecule has 0 heterocycles. The lowest BCUT2D eigenvalue weighted by molar-refractivity contribution is -0.0255. The molecule has 3 fully saturated rings. The second-order valence-electron chi connectivity index (χ2n) is 12.9. The SMILES string of the molecule is CC(C)(C)[Si](C)(C)O[C@H]1CC[C@@]2(C)C(=CC[C@@H]3[C@@H]2CC[C@]2(C)/C(=C/CO)CC[C@@H]32)C1. The van der Waals surface area contributed by atoms with Crippen LogP contribution in [0.5, 0.6) is 0 Å². The highest BCUT2D eigenvalue weighted by Gasteiger charge is 2.57. The maximum atomic E-state index is 9.52. The van der Waals surface area contributed by atoms with Crippen LogP contribution in [0.4, 0.5) is 0 Å². The molecule has 1 N–H and O–H groups in total. The third-order valence-electron chi connectivity index (χ3n) is 10.5. The minimum atomic E-state index is -1.70. The van der Waals surface area contributed by atoms with Gasteiger partial charge in [0.2, 0.25) is 0 Å². The second-order valence-corrected chi connectivity index (χ2v) is 17.7.